The van der Waals surface area contributed by atoms with Gasteiger partial charge in [-0.25, -0.2) is 0 Å². The number of benzene rings is 9. The summed E-state index contributed by atoms with van der Waals surface area (Å²) in [5.41, 5.74) is 17.0. The summed E-state index contributed by atoms with van der Waals surface area (Å²) >= 11 is 0. The number of hydrogen-bond acceptors (Lipinski definition) is 1. The molecule has 2 nitrogen and oxygen atoms in total. The van der Waals surface area contributed by atoms with E-state index >= 15 is 0 Å². The van der Waals surface area contributed by atoms with Crippen LogP contribution in [0.15, 0.2) is 206 Å². The Morgan fingerprint density at radius 2 is 1.05 bits per heavy atom. The highest BCUT2D eigenvalue weighted by molar-refractivity contribution is 6.10. The smallest absolute Gasteiger partial charge is 0.0543 e. The molecule has 0 saturated heterocycles. The third-order valence-corrected chi connectivity index (χ3v) is 12.2. The van der Waals surface area contributed by atoms with Gasteiger partial charge in [0.25, 0.3) is 0 Å². The summed E-state index contributed by atoms with van der Waals surface area (Å²) < 4.78 is 2.37. The van der Waals surface area contributed by atoms with Crippen LogP contribution >= 0.6 is 0 Å². The molecule has 11 rings (SSSR count). The van der Waals surface area contributed by atoms with E-state index in [0.717, 1.165) is 11.4 Å². The Bertz CT molecular complexity index is 3150. The van der Waals surface area contributed by atoms with Crippen LogP contribution in [0.4, 0.5) is 17.1 Å². The van der Waals surface area contributed by atoms with Crippen LogP contribution in [0.3, 0.4) is 0 Å². The van der Waals surface area contributed by atoms with E-state index in [1.807, 2.05) is 0 Å². The maximum Gasteiger partial charge on any atom is 0.0543 e. The first-order valence-electron chi connectivity index (χ1n) is 19.8. The summed E-state index contributed by atoms with van der Waals surface area (Å²) in [5, 5.41) is 5.01. The van der Waals surface area contributed by atoms with Crippen LogP contribution in [0.2, 0.25) is 0 Å². The summed E-state index contributed by atoms with van der Waals surface area (Å²) in [6.45, 7) is 4.71. The Kier molecular flexibility index (Phi) is 7.55. The molecule has 9 aromatic carbocycles. The fourth-order valence-electron chi connectivity index (χ4n) is 9.35. The average molecular weight is 729 g/mol. The van der Waals surface area contributed by atoms with Gasteiger partial charge >= 0.3 is 0 Å². The SMILES string of the molecule is CC1(C)c2ccccc2-c2c(N(c3ccc(-c4ccc5c(c4)c4ccccc4n5-c4ccccc4)cc3)c3cccc(-c4ccc5ccccc5c4)c3)cccc21. The van der Waals surface area contributed by atoms with Crippen LogP contribution in [0.25, 0.3) is 71.6 Å². The predicted octanol–water partition coefficient (Wildman–Crippen LogP) is 15.0. The molecule has 270 valence electrons. The fourth-order valence-corrected chi connectivity index (χ4v) is 9.35. The van der Waals surface area contributed by atoms with Crippen molar-refractivity contribution in [1.29, 1.82) is 0 Å². The van der Waals surface area contributed by atoms with Gasteiger partial charge in [-0.2, -0.15) is 0 Å². The van der Waals surface area contributed by atoms with Gasteiger partial charge in [-0.05, 0) is 116 Å². The minimum atomic E-state index is -0.104. The van der Waals surface area contributed by atoms with Crippen molar-refractivity contribution in [3.63, 3.8) is 0 Å². The first kappa shape index (κ1) is 33.2. The number of fused-ring (bicyclic) bond motifs is 7. The molecule has 0 radical (unpaired) electrons. The number of para-hydroxylation sites is 2. The summed E-state index contributed by atoms with van der Waals surface area (Å²) in [7, 11) is 0. The quantitative estimate of drug-likeness (QED) is 0.165. The largest absolute Gasteiger partial charge is 0.310 e. The summed E-state index contributed by atoms with van der Waals surface area (Å²) in [5.74, 6) is 0. The van der Waals surface area contributed by atoms with Crippen LogP contribution in [0.5, 0.6) is 0 Å². The molecule has 0 N–H and O–H groups in total. The Hall–Kier alpha value is -7.16. The summed E-state index contributed by atoms with van der Waals surface area (Å²) in [6.07, 6.45) is 0. The monoisotopic (exact) mass is 728 g/mol. The molecule has 2 heteroatoms. The van der Waals surface area contributed by atoms with Crippen LogP contribution in [0.1, 0.15) is 25.0 Å². The minimum Gasteiger partial charge on any atom is -0.310 e. The fraction of sp³-hybridized carbons (Fsp3) is 0.0545. The second-order valence-corrected chi connectivity index (χ2v) is 15.8. The van der Waals surface area contributed by atoms with Crippen molar-refractivity contribution in [3.8, 4) is 39.1 Å². The molecule has 0 bridgehead atoms. The normalized spacial score (nSPS) is 12.9. The molecule has 0 spiro atoms. The molecule has 1 aliphatic rings. The molecule has 0 fully saturated rings. The van der Waals surface area contributed by atoms with E-state index < -0.39 is 0 Å². The first-order chi connectivity index (χ1) is 28.0. The molecule has 1 heterocycles. The Morgan fingerprint density at radius 3 is 1.93 bits per heavy atom. The molecule has 57 heavy (non-hydrogen) atoms. The molecular weight excluding hydrogens is 689 g/mol. The van der Waals surface area contributed by atoms with Crippen molar-refractivity contribution in [3.05, 3.63) is 217 Å². The molecule has 0 atom stereocenters. The number of nitrogens with zero attached hydrogens (tertiary/aromatic N) is 2. The lowest BCUT2D eigenvalue weighted by molar-refractivity contribution is 0.660. The third-order valence-electron chi connectivity index (χ3n) is 12.2. The topological polar surface area (TPSA) is 8.17 Å². The van der Waals surface area contributed by atoms with Crippen LogP contribution < -0.4 is 4.90 Å². The Morgan fingerprint density at radius 1 is 0.404 bits per heavy atom. The van der Waals surface area contributed by atoms with E-state index in [2.05, 4.69) is 230 Å². The molecule has 10 aromatic rings. The number of hydrogen-bond donors (Lipinski definition) is 0. The van der Waals surface area contributed by atoms with Gasteiger partial charge in [0.1, 0.15) is 0 Å². The highest BCUT2D eigenvalue weighted by Crippen LogP contribution is 2.54. The van der Waals surface area contributed by atoms with Crippen molar-refractivity contribution in [2.24, 2.45) is 0 Å². The van der Waals surface area contributed by atoms with E-state index in [-0.39, 0.29) is 5.41 Å². The van der Waals surface area contributed by atoms with Gasteiger partial charge in [-0.15, -0.1) is 0 Å². The lowest BCUT2D eigenvalue weighted by Gasteiger charge is -2.29. The first-order valence-corrected chi connectivity index (χ1v) is 19.8. The molecule has 0 amide bonds. The van der Waals surface area contributed by atoms with Gasteiger partial charge in [-0.1, -0.05) is 153 Å². The van der Waals surface area contributed by atoms with Gasteiger partial charge in [0.05, 0.1) is 16.7 Å². The molecule has 0 saturated carbocycles. The maximum absolute atomic E-state index is 2.46. The molecule has 1 aliphatic carbocycles. The van der Waals surface area contributed by atoms with Crippen molar-refractivity contribution in [1.82, 2.24) is 4.57 Å². The highest BCUT2D eigenvalue weighted by atomic mass is 15.1. The average Bonchev–Trinajstić information content (AvgIpc) is 3.72. The van der Waals surface area contributed by atoms with Crippen LogP contribution in [-0.2, 0) is 5.41 Å². The lowest BCUT2D eigenvalue weighted by atomic mass is 9.82. The van der Waals surface area contributed by atoms with E-state index in [0.29, 0.717) is 0 Å². The third kappa shape index (κ3) is 5.33. The minimum absolute atomic E-state index is 0.104. The number of anilines is 3. The zero-order valence-corrected chi connectivity index (χ0v) is 32.0. The molecule has 1 aromatic heterocycles. The van der Waals surface area contributed by atoms with Gasteiger partial charge in [-0.3, -0.25) is 0 Å². The van der Waals surface area contributed by atoms with E-state index in [4.69, 9.17) is 0 Å². The van der Waals surface area contributed by atoms with Gasteiger partial charge in [0.15, 0.2) is 0 Å². The predicted molar refractivity (Wildman–Crippen MR) is 241 cm³/mol. The number of rotatable bonds is 6. The maximum atomic E-state index is 2.46. The van der Waals surface area contributed by atoms with E-state index in [1.54, 1.807) is 0 Å². The van der Waals surface area contributed by atoms with Crippen LogP contribution in [0, 0.1) is 0 Å². The summed E-state index contributed by atoms with van der Waals surface area (Å²) in [6, 6.07) is 75.6. The molecule has 0 aliphatic heterocycles. The summed E-state index contributed by atoms with van der Waals surface area (Å²) in [4.78, 5) is 2.46. The van der Waals surface area contributed by atoms with Crippen molar-refractivity contribution < 1.29 is 0 Å². The zero-order chi connectivity index (χ0) is 38.1. The zero-order valence-electron chi connectivity index (χ0n) is 32.0. The Balaban J connectivity index is 1.06. The standard InChI is InChI=1S/C55H40N2/c1-55(2)49-22-10-8-21-47(49)54-50(55)23-13-25-53(54)56(45-19-12-16-40(35-45)41-27-26-37-14-6-7-15-39(37)34-41)44-31-28-38(29-32-44)42-30-33-52-48(36-42)46-20-9-11-24-51(46)57(52)43-17-4-3-5-18-43/h3-36H,1-2H3. The van der Waals surface area contributed by atoms with Gasteiger partial charge in [0, 0.05) is 38.8 Å². The second-order valence-electron chi connectivity index (χ2n) is 15.8. The van der Waals surface area contributed by atoms with Crippen molar-refractivity contribution in [2.75, 3.05) is 4.90 Å². The molecular formula is C55H40N2. The molecule has 0 unspecified atom stereocenters. The number of aromatic nitrogens is 1. The van der Waals surface area contributed by atoms with E-state index in [1.165, 1.54) is 88.5 Å². The lowest BCUT2D eigenvalue weighted by Crippen LogP contribution is -2.16. The van der Waals surface area contributed by atoms with E-state index in [9.17, 15) is 0 Å². The highest BCUT2D eigenvalue weighted by Gasteiger charge is 2.37. The van der Waals surface area contributed by atoms with Gasteiger partial charge < -0.3 is 9.47 Å². The second kappa shape index (κ2) is 13.0. The van der Waals surface area contributed by atoms with Crippen molar-refractivity contribution in [2.45, 2.75) is 19.3 Å². The van der Waals surface area contributed by atoms with Crippen LogP contribution in [-0.4, -0.2) is 4.57 Å². The van der Waals surface area contributed by atoms with Crippen molar-refractivity contribution >= 4 is 49.6 Å². The Labute approximate surface area is 333 Å². The van der Waals surface area contributed by atoms with Gasteiger partial charge in [0.2, 0.25) is 0 Å².